The van der Waals surface area contributed by atoms with Crippen LogP contribution in [0.2, 0.25) is 0 Å². The van der Waals surface area contributed by atoms with E-state index < -0.39 is 0 Å². The van der Waals surface area contributed by atoms with Crippen molar-refractivity contribution in [1.29, 1.82) is 0 Å². The second-order valence-corrected chi connectivity index (χ2v) is 3.97. The molecule has 0 aromatic rings. The van der Waals surface area contributed by atoms with Crippen molar-refractivity contribution in [3.05, 3.63) is 0 Å². The predicted molar refractivity (Wildman–Crippen MR) is 61.0 cm³/mol. The Balaban J connectivity index is 2.98. The third kappa shape index (κ3) is 10.3. The average Bonchev–Trinajstić information content (AvgIpc) is 2.17. The molecule has 0 spiro atoms. The minimum absolute atomic E-state index is 0.670. The molecule has 0 radical (unpaired) electrons. The van der Waals surface area contributed by atoms with E-state index in [2.05, 4.69) is 13.8 Å². The highest BCUT2D eigenvalue weighted by Crippen LogP contribution is 2.07. The third-order valence-electron chi connectivity index (χ3n) is 2.08. The van der Waals surface area contributed by atoms with Gasteiger partial charge in [-0.3, -0.25) is 0 Å². The summed E-state index contributed by atoms with van der Waals surface area (Å²) in [6.45, 7) is 7.42. The Morgan fingerprint density at radius 3 is 2.21 bits per heavy atom. The maximum absolute atomic E-state index is 5.63. The summed E-state index contributed by atoms with van der Waals surface area (Å²) in [4.78, 5) is 0. The Morgan fingerprint density at radius 1 is 1.00 bits per heavy atom. The molecular weight excluding hydrogens is 200 g/mol. The lowest BCUT2D eigenvalue weighted by Crippen LogP contribution is -2.08. The zero-order valence-corrected chi connectivity index (χ0v) is 10.2. The fourth-order valence-electron chi connectivity index (χ4n) is 1.08. The first kappa shape index (κ1) is 14.2. The standard InChI is InChI=1S/C11H23ClO2/c1-3-7-13-9-10-14-8-5-11(2)4-6-12/h11H,3-10H2,1-2H3. The molecule has 0 aromatic carbocycles. The molecule has 0 aromatic heterocycles. The van der Waals surface area contributed by atoms with Crippen LogP contribution < -0.4 is 0 Å². The zero-order valence-electron chi connectivity index (χ0n) is 9.43. The van der Waals surface area contributed by atoms with Gasteiger partial charge in [-0.2, -0.15) is 0 Å². The Kier molecular flexibility index (Phi) is 11.5. The Hall–Kier alpha value is 0.210. The molecule has 0 heterocycles. The summed E-state index contributed by atoms with van der Waals surface area (Å²) in [5, 5.41) is 0. The summed E-state index contributed by atoms with van der Waals surface area (Å²) in [7, 11) is 0. The quantitative estimate of drug-likeness (QED) is 0.418. The van der Waals surface area contributed by atoms with Gasteiger partial charge >= 0.3 is 0 Å². The van der Waals surface area contributed by atoms with Gasteiger partial charge in [-0.1, -0.05) is 13.8 Å². The molecule has 0 fully saturated rings. The Labute approximate surface area is 92.9 Å². The van der Waals surface area contributed by atoms with Crippen LogP contribution >= 0.6 is 11.6 Å². The minimum atomic E-state index is 0.670. The van der Waals surface area contributed by atoms with Gasteiger partial charge in [0.15, 0.2) is 0 Å². The van der Waals surface area contributed by atoms with Crippen LogP contribution in [0.5, 0.6) is 0 Å². The van der Waals surface area contributed by atoms with Gasteiger partial charge in [0.25, 0.3) is 0 Å². The molecule has 86 valence electrons. The first-order chi connectivity index (χ1) is 6.81. The molecule has 0 N–H and O–H groups in total. The van der Waals surface area contributed by atoms with Crippen molar-refractivity contribution in [3.63, 3.8) is 0 Å². The number of ether oxygens (including phenoxy) is 2. The smallest absolute Gasteiger partial charge is 0.0700 e. The highest BCUT2D eigenvalue weighted by molar-refractivity contribution is 6.17. The first-order valence-electron chi connectivity index (χ1n) is 5.52. The van der Waals surface area contributed by atoms with Gasteiger partial charge in [0.05, 0.1) is 13.2 Å². The summed E-state index contributed by atoms with van der Waals surface area (Å²) >= 11 is 5.63. The number of halogens is 1. The van der Waals surface area contributed by atoms with E-state index in [4.69, 9.17) is 21.1 Å². The van der Waals surface area contributed by atoms with Crippen molar-refractivity contribution in [3.8, 4) is 0 Å². The predicted octanol–water partition coefficient (Wildman–Crippen LogP) is 3.08. The van der Waals surface area contributed by atoms with Crippen molar-refractivity contribution < 1.29 is 9.47 Å². The fourth-order valence-corrected chi connectivity index (χ4v) is 1.45. The van der Waals surface area contributed by atoms with Crippen molar-refractivity contribution >= 4 is 11.6 Å². The monoisotopic (exact) mass is 222 g/mol. The van der Waals surface area contributed by atoms with E-state index in [1.54, 1.807) is 0 Å². The topological polar surface area (TPSA) is 18.5 Å². The van der Waals surface area contributed by atoms with Gasteiger partial charge in [-0.15, -0.1) is 11.6 Å². The van der Waals surface area contributed by atoms with E-state index in [1.165, 1.54) is 0 Å². The number of rotatable bonds is 10. The molecule has 0 saturated heterocycles. The van der Waals surface area contributed by atoms with E-state index in [0.717, 1.165) is 45.0 Å². The highest BCUT2D eigenvalue weighted by Gasteiger charge is 2.00. The summed E-state index contributed by atoms with van der Waals surface area (Å²) in [5.41, 5.74) is 0. The van der Waals surface area contributed by atoms with E-state index in [-0.39, 0.29) is 0 Å². The molecule has 14 heavy (non-hydrogen) atoms. The SMILES string of the molecule is CCCOCCOCCC(C)CCCl. The largest absolute Gasteiger partial charge is 0.379 e. The van der Waals surface area contributed by atoms with E-state index >= 15 is 0 Å². The lowest BCUT2D eigenvalue weighted by molar-refractivity contribution is 0.0436. The number of alkyl halides is 1. The zero-order chi connectivity index (χ0) is 10.6. The van der Waals surface area contributed by atoms with Crippen molar-refractivity contribution in [1.82, 2.24) is 0 Å². The van der Waals surface area contributed by atoms with Crippen LogP contribution in [0.1, 0.15) is 33.1 Å². The molecule has 0 aliphatic heterocycles. The molecule has 0 amide bonds. The normalized spacial score (nSPS) is 13.1. The van der Waals surface area contributed by atoms with Gasteiger partial charge in [0.2, 0.25) is 0 Å². The molecule has 1 atom stereocenters. The summed E-state index contributed by atoms with van der Waals surface area (Å²) in [6.07, 6.45) is 3.25. The van der Waals surface area contributed by atoms with Crippen molar-refractivity contribution in [2.45, 2.75) is 33.1 Å². The van der Waals surface area contributed by atoms with Gasteiger partial charge < -0.3 is 9.47 Å². The molecule has 2 nitrogen and oxygen atoms in total. The van der Waals surface area contributed by atoms with Crippen LogP contribution in [-0.4, -0.2) is 32.3 Å². The van der Waals surface area contributed by atoms with Gasteiger partial charge in [-0.05, 0) is 25.2 Å². The van der Waals surface area contributed by atoms with Crippen LogP contribution in [0.25, 0.3) is 0 Å². The molecule has 0 bridgehead atoms. The lowest BCUT2D eigenvalue weighted by atomic mass is 10.1. The fraction of sp³-hybridized carbons (Fsp3) is 1.00. The molecule has 0 saturated carbocycles. The van der Waals surface area contributed by atoms with E-state index in [0.29, 0.717) is 12.5 Å². The molecule has 0 aliphatic carbocycles. The highest BCUT2D eigenvalue weighted by atomic mass is 35.5. The summed E-state index contributed by atoms with van der Waals surface area (Å²) < 4.78 is 10.7. The van der Waals surface area contributed by atoms with Crippen molar-refractivity contribution in [2.75, 3.05) is 32.3 Å². The van der Waals surface area contributed by atoms with E-state index in [9.17, 15) is 0 Å². The molecule has 3 heteroatoms. The van der Waals surface area contributed by atoms with Crippen LogP contribution in [0.4, 0.5) is 0 Å². The first-order valence-corrected chi connectivity index (χ1v) is 6.06. The maximum Gasteiger partial charge on any atom is 0.0700 e. The maximum atomic E-state index is 5.63. The lowest BCUT2D eigenvalue weighted by Gasteiger charge is -2.09. The average molecular weight is 223 g/mol. The number of hydrogen-bond acceptors (Lipinski definition) is 2. The third-order valence-corrected chi connectivity index (χ3v) is 2.30. The van der Waals surface area contributed by atoms with Crippen LogP contribution in [-0.2, 0) is 9.47 Å². The van der Waals surface area contributed by atoms with E-state index in [1.807, 2.05) is 0 Å². The summed E-state index contributed by atoms with van der Waals surface area (Å²) in [5.74, 6) is 1.42. The molecule has 0 rings (SSSR count). The van der Waals surface area contributed by atoms with Crippen LogP contribution in [0, 0.1) is 5.92 Å². The van der Waals surface area contributed by atoms with Gasteiger partial charge in [0.1, 0.15) is 0 Å². The molecular formula is C11H23ClO2. The number of hydrogen-bond donors (Lipinski definition) is 0. The van der Waals surface area contributed by atoms with Crippen LogP contribution in [0.15, 0.2) is 0 Å². The summed E-state index contributed by atoms with van der Waals surface area (Å²) in [6, 6.07) is 0. The van der Waals surface area contributed by atoms with Crippen LogP contribution in [0.3, 0.4) is 0 Å². The second kappa shape index (κ2) is 11.3. The second-order valence-electron chi connectivity index (χ2n) is 3.60. The minimum Gasteiger partial charge on any atom is -0.379 e. The van der Waals surface area contributed by atoms with Gasteiger partial charge in [-0.25, -0.2) is 0 Å². The Bertz CT molecular complexity index is 109. The Morgan fingerprint density at radius 2 is 1.64 bits per heavy atom. The van der Waals surface area contributed by atoms with Gasteiger partial charge in [0, 0.05) is 19.1 Å². The molecule has 1 unspecified atom stereocenters. The molecule has 0 aliphatic rings. The van der Waals surface area contributed by atoms with Crippen molar-refractivity contribution in [2.24, 2.45) is 5.92 Å².